The second-order valence-electron chi connectivity index (χ2n) is 6.56. The number of rotatable bonds is 10. The maximum atomic E-state index is 10.2. The molecule has 1 atom stereocenters. The lowest BCUT2D eigenvalue weighted by atomic mass is 10.1. The van der Waals surface area contributed by atoms with Crippen LogP contribution in [0.5, 0.6) is 0 Å². The summed E-state index contributed by atoms with van der Waals surface area (Å²) < 4.78 is 5.51. The van der Waals surface area contributed by atoms with Gasteiger partial charge >= 0.3 is 0 Å². The Hall–Kier alpha value is -0.940. The van der Waals surface area contributed by atoms with Gasteiger partial charge in [-0.2, -0.15) is 0 Å². The number of aryl methyl sites for hydroxylation is 1. The molecular formula is C18H32N2O2. The van der Waals surface area contributed by atoms with Crippen molar-refractivity contribution in [1.29, 1.82) is 0 Å². The number of ether oxygens (including phenoxy) is 1. The highest BCUT2D eigenvalue weighted by atomic mass is 16.5. The lowest BCUT2D eigenvalue weighted by molar-refractivity contribution is -0.0101. The summed E-state index contributed by atoms with van der Waals surface area (Å²) in [6.07, 6.45) is -0.294. The molecule has 0 aliphatic heterocycles. The molecule has 0 fully saturated rings. The topological polar surface area (TPSA) is 35.9 Å². The number of hydrogen-bond acceptors (Lipinski definition) is 4. The third kappa shape index (κ3) is 8.49. The van der Waals surface area contributed by atoms with Crippen LogP contribution in [0, 0.1) is 6.92 Å². The molecular weight excluding hydrogens is 276 g/mol. The average molecular weight is 308 g/mol. The third-order valence-electron chi connectivity index (χ3n) is 3.48. The Morgan fingerprint density at radius 3 is 2.27 bits per heavy atom. The average Bonchev–Trinajstić information content (AvgIpc) is 2.45. The van der Waals surface area contributed by atoms with E-state index in [9.17, 15) is 5.11 Å². The highest BCUT2D eigenvalue weighted by Gasteiger charge is 2.13. The predicted molar refractivity (Wildman–Crippen MR) is 92.1 cm³/mol. The largest absolute Gasteiger partial charge is 0.389 e. The molecule has 0 heterocycles. The van der Waals surface area contributed by atoms with Gasteiger partial charge in [0.05, 0.1) is 18.8 Å². The second kappa shape index (κ2) is 9.95. The molecule has 0 radical (unpaired) electrons. The summed E-state index contributed by atoms with van der Waals surface area (Å²) >= 11 is 0. The minimum absolute atomic E-state index is 0.155. The minimum atomic E-state index is -0.449. The normalized spacial score (nSPS) is 13.3. The van der Waals surface area contributed by atoms with Gasteiger partial charge in [0.2, 0.25) is 0 Å². The van der Waals surface area contributed by atoms with Crippen molar-refractivity contribution in [2.75, 3.05) is 40.3 Å². The van der Waals surface area contributed by atoms with E-state index in [0.717, 1.165) is 19.6 Å². The molecule has 0 aromatic heterocycles. The smallest absolute Gasteiger partial charge is 0.0900 e. The van der Waals surface area contributed by atoms with Crippen molar-refractivity contribution in [1.82, 2.24) is 9.80 Å². The fraction of sp³-hybridized carbons (Fsp3) is 0.667. The first-order valence-electron chi connectivity index (χ1n) is 8.09. The van der Waals surface area contributed by atoms with Gasteiger partial charge in [-0.1, -0.05) is 29.8 Å². The molecule has 1 aromatic rings. The van der Waals surface area contributed by atoms with Gasteiger partial charge in [0.1, 0.15) is 0 Å². The monoisotopic (exact) mass is 308 g/mol. The lowest BCUT2D eigenvalue weighted by Gasteiger charge is -2.27. The van der Waals surface area contributed by atoms with Crippen molar-refractivity contribution in [2.45, 2.75) is 39.5 Å². The van der Waals surface area contributed by atoms with Crippen LogP contribution in [0.25, 0.3) is 0 Å². The Labute approximate surface area is 135 Å². The summed E-state index contributed by atoms with van der Waals surface area (Å²) in [5.41, 5.74) is 2.55. The first-order chi connectivity index (χ1) is 10.4. The van der Waals surface area contributed by atoms with Crippen molar-refractivity contribution in [3.63, 3.8) is 0 Å². The Kier molecular flexibility index (Phi) is 8.64. The van der Waals surface area contributed by atoms with E-state index in [2.05, 4.69) is 55.1 Å². The molecule has 1 unspecified atom stereocenters. The maximum Gasteiger partial charge on any atom is 0.0900 e. The minimum Gasteiger partial charge on any atom is -0.389 e. The molecule has 22 heavy (non-hydrogen) atoms. The molecule has 1 rings (SSSR count). The zero-order chi connectivity index (χ0) is 16.5. The number of nitrogens with zero attached hydrogens (tertiary/aromatic N) is 2. The molecule has 126 valence electrons. The van der Waals surface area contributed by atoms with Gasteiger partial charge in [0, 0.05) is 26.2 Å². The van der Waals surface area contributed by atoms with E-state index in [1.165, 1.54) is 11.1 Å². The van der Waals surface area contributed by atoms with E-state index in [1.54, 1.807) is 0 Å². The van der Waals surface area contributed by atoms with Gasteiger partial charge in [-0.15, -0.1) is 0 Å². The summed E-state index contributed by atoms with van der Waals surface area (Å²) in [4.78, 5) is 4.46. The third-order valence-corrected chi connectivity index (χ3v) is 3.48. The molecule has 1 N–H and O–H groups in total. The van der Waals surface area contributed by atoms with Gasteiger partial charge in [-0.25, -0.2) is 0 Å². The maximum absolute atomic E-state index is 10.2. The SMILES string of the molecule is Cc1ccc(CN(CCN(C)C)CC(O)COC(C)C)cc1. The standard InChI is InChI=1S/C18H32N2O2/c1-15(2)22-14-18(21)13-20(11-10-19(4)5)12-17-8-6-16(3)7-9-17/h6-9,15,18,21H,10-14H2,1-5H3. The molecule has 0 saturated carbocycles. The van der Waals surface area contributed by atoms with Gasteiger partial charge in [0.15, 0.2) is 0 Å². The van der Waals surface area contributed by atoms with Crippen LogP contribution in [0.2, 0.25) is 0 Å². The molecule has 4 heteroatoms. The van der Waals surface area contributed by atoms with Gasteiger partial charge < -0.3 is 14.7 Å². The van der Waals surface area contributed by atoms with Crippen molar-refractivity contribution >= 4 is 0 Å². The van der Waals surface area contributed by atoms with Gasteiger partial charge in [-0.05, 0) is 40.4 Å². The number of aliphatic hydroxyl groups is 1. The second-order valence-corrected chi connectivity index (χ2v) is 6.56. The quantitative estimate of drug-likeness (QED) is 0.718. The number of hydrogen-bond donors (Lipinski definition) is 1. The van der Waals surface area contributed by atoms with Crippen molar-refractivity contribution < 1.29 is 9.84 Å². The van der Waals surface area contributed by atoms with Crippen LogP contribution in [0.1, 0.15) is 25.0 Å². The van der Waals surface area contributed by atoms with Crippen LogP contribution >= 0.6 is 0 Å². The Morgan fingerprint density at radius 2 is 1.73 bits per heavy atom. The Bertz CT molecular complexity index is 404. The molecule has 0 spiro atoms. The zero-order valence-electron chi connectivity index (χ0n) is 14.7. The Morgan fingerprint density at radius 1 is 1.09 bits per heavy atom. The van der Waals surface area contributed by atoms with Crippen molar-refractivity contribution in [3.05, 3.63) is 35.4 Å². The predicted octanol–water partition coefficient (Wildman–Crippen LogP) is 2.14. The molecule has 0 aliphatic carbocycles. The zero-order valence-corrected chi connectivity index (χ0v) is 14.7. The summed E-state index contributed by atoms with van der Waals surface area (Å²) in [5.74, 6) is 0. The molecule has 1 aromatic carbocycles. The van der Waals surface area contributed by atoms with Crippen molar-refractivity contribution in [2.24, 2.45) is 0 Å². The summed E-state index contributed by atoms with van der Waals surface area (Å²) in [7, 11) is 4.14. The first kappa shape index (κ1) is 19.1. The van der Waals surface area contributed by atoms with E-state index in [1.807, 2.05) is 13.8 Å². The Balaban J connectivity index is 2.56. The molecule has 4 nitrogen and oxygen atoms in total. The number of likely N-dealkylation sites (N-methyl/N-ethyl adjacent to an activating group) is 1. The van der Waals surface area contributed by atoms with Crippen molar-refractivity contribution in [3.8, 4) is 0 Å². The first-order valence-corrected chi connectivity index (χ1v) is 8.09. The highest BCUT2D eigenvalue weighted by molar-refractivity contribution is 5.21. The fourth-order valence-corrected chi connectivity index (χ4v) is 2.18. The molecule has 0 amide bonds. The van der Waals surface area contributed by atoms with Crippen LogP contribution in [0.3, 0.4) is 0 Å². The molecule has 0 saturated heterocycles. The van der Waals surface area contributed by atoms with Crippen LogP contribution in [-0.4, -0.2) is 67.5 Å². The summed E-state index contributed by atoms with van der Waals surface area (Å²) in [6, 6.07) is 8.60. The summed E-state index contributed by atoms with van der Waals surface area (Å²) in [5, 5.41) is 10.2. The lowest BCUT2D eigenvalue weighted by Crippen LogP contribution is -2.38. The van der Waals surface area contributed by atoms with E-state index in [0.29, 0.717) is 13.2 Å². The van der Waals surface area contributed by atoms with Crippen LogP contribution in [-0.2, 0) is 11.3 Å². The number of aliphatic hydroxyl groups excluding tert-OH is 1. The van der Waals surface area contributed by atoms with E-state index in [-0.39, 0.29) is 6.10 Å². The van der Waals surface area contributed by atoms with Crippen LogP contribution in [0.4, 0.5) is 0 Å². The van der Waals surface area contributed by atoms with Crippen LogP contribution < -0.4 is 0 Å². The summed E-state index contributed by atoms with van der Waals surface area (Å²) in [6.45, 7) is 9.86. The highest BCUT2D eigenvalue weighted by Crippen LogP contribution is 2.08. The van der Waals surface area contributed by atoms with E-state index in [4.69, 9.17) is 4.74 Å². The van der Waals surface area contributed by atoms with Gasteiger partial charge in [0.25, 0.3) is 0 Å². The molecule has 0 bridgehead atoms. The fourth-order valence-electron chi connectivity index (χ4n) is 2.18. The van der Waals surface area contributed by atoms with Gasteiger partial charge in [-0.3, -0.25) is 4.90 Å². The van der Waals surface area contributed by atoms with E-state index >= 15 is 0 Å². The molecule has 0 aliphatic rings. The van der Waals surface area contributed by atoms with Crippen LogP contribution in [0.15, 0.2) is 24.3 Å². The number of benzene rings is 1. The van der Waals surface area contributed by atoms with E-state index < -0.39 is 6.10 Å².